The molecule has 0 unspecified atom stereocenters. The molecule has 0 amide bonds. The van der Waals surface area contributed by atoms with Crippen LogP contribution in [-0.4, -0.2) is 25.7 Å². The summed E-state index contributed by atoms with van der Waals surface area (Å²) in [5.74, 6) is -0.938. The molecule has 2 aromatic heterocycles. The maximum Gasteiger partial charge on any atom is 0.341 e. The normalized spacial score (nSPS) is 11.1. The summed E-state index contributed by atoms with van der Waals surface area (Å²) in [6, 6.07) is 4.90. The SMILES string of the molecule is NCc1c(-c2ccc(Cl)cc2Cl)nc2c(C(=O)O)cnn2c1N. The highest BCUT2D eigenvalue weighted by Crippen LogP contribution is 2.34. The molecule has 1 aromatic carbocycles. The Hall–Kier alpha value is -2.35. The number of benzene rings is 1. The van der Waals surface area contributed by atoms with E-state index in [-0.39, 0.29) is 23.6 Å². The first-order valence-corrected chi connectivity index (χ1v) is 7.24. The van der Waals surface area contributed by atoms with Crippen LogP contribution >= 0.6 is 23.2 Å². The molecular formula is C14H11Cl2N5O2. The van der Waals surface area contributed by atoms with Gasteiger partial charge >= 0.3 is 5.97 Å². The number of anilines is 1. The molecule has 0 saturated carbocycles. The fraction of sp³-hybridized carbons (Fsp3) is 0.0714. The van der Waals surface area contributed by atoms with E-state index in [0.717, 1.165) is 0 Å². The minimum atomic E-state index is -1.15. The van der Waals surface area contributed by atoms with E-state index in [1.54, 1.807) is 18.2 Å². The first-order valence-electron chi connectivity index (χ1n) is 6.49. The zero-order chi connectivity index (χ0) is 16.7. The molecule has 0 fully saturated rings. The van der Waals surface area contributed by atoms with Crippen LogP contribution in [0.5, 0.6) is 0 Å². The van der Waals surface area contributed by atoms with Gasteiger partial charge in [-0.25, -0.2) is 9.78 Å². The van der Waals surface area contributed by atoms with E-state index in [4.69, 9.17) is 34.7 Å². The minimum Gasteiger partial charge on any atom is -0.477 e. The van der Waals surface area contributed by atoms with Gasteiger partial charge in [0.1, 0.15) is 11.4 Å². The Bertz CT molecular complexity index is 939. The number of hydrogen-bond acceptors (Lipinski definition) is 5. The lowest BCUT2D eigenvalue weighted by molar-refractivity contribution is 0.0699. The Morgan fingerprint density at radius 1 is 1.35 bits per heavy atom. The van der Waals surface area contributed by atoms with Crippen LogP contribution < -0.4 is 11.5 Å². The van der Waals surface area contributed by atoms with Crippen molar-refractivity contribution in [2.24, 2.45) is 5.73 Å². The van der Waals surface area contributed by atoms with E-state index in [2.05, 4.69) is 10.1 Å². The van der Waals surface area contributed by atoms with Crippen LogP contribution in [0.2, 0.25) is 10.0 Å². The second-order valence-corrected chi connectivity index (χ2v) is 5.59. The number of carboxylic acids is 1. The molecule has 118 valence electrons. The first kappa shape index (κ1) is 15.5. The number of aromatic nitrogens is 3. The van der Waals surface area contributed by atoms with Gasteiger partial charge in [-0.2, -0.15) is 9.61 Å². The van der Waals surface area contributed by atoms with Gasteiger partial charge in [-0.3, -0.25) is 0 Å². The van der Waals surface area contributed by atoms with Crippen LogP contribution in [0.1, 0.15) is 15.9 Å². The second-order valence-electron chi connectivity index (χ2n) is 4.75. The van der Waals surface area contributed by atoms with Crippen molar-refractivity contribution in [1.29, 1.82) is 0 Å². The predicted molar refractivity (Wildman–Crippen MR) is 87.7 cm³/mol. The van der Waals surface area contributed by atoms with Crippen molar-refractivity contribution in [3.05, 3.63) is 45.6 Å². The Labute approximate surface area is 140 Å². The molecule has 0 radical (unpaired) electrons. The molecule has 7 nitrogen and oxygen atoms in total. The summed E-state index contributed by atoms with van der Waals surface area (Å²) in [4.78, 5) is 15.7. The van der Waals surface area contributed by atoms with Gasteiger partial charge < -0.3 is 16.6 Å². The lowest BCUT2D eigenvalue weighted by Gasteiger charge is -2.13. The van der Waals surface area contributed by atoms with E-state index in [9.17, 15) is 9.90 Å². The van der Waals surface area contributed by atoms with Crippen molar-refractivity contribution in [3.8, 4) is 11.3 Å². The third kappa shape index (κ3) is 2.48. The first-order chi connectivity index (χ1) is 10.9. The fourth-order valence-corrected chi connectivity index (χ4v) is 2.80. The highest BCUT2D eigenvalue weighted by molar-refractivity contribution is 6.36. The molecule has 5 N–H and O–H groups in total. The van der Waals surface area contributed by atoms with Gasteiger partial charge in [0, 0.05) is 22.7 Å². The van der Waals surface area contributed by atoms with E-state index < -0.39 is 5.97 Å². The van der Waals surface area contributed by atoms with E-state index >= 15 is 0 Å². The van der Waals surface area contributed by atoms with Crippen molar-refractivity contribution >= 4 is 40.6 Å². The molecule has 3 aromatic rings. The number of fused-ring (bicyclic) bond motifs is 1. The summed E-state index contributed by atoms with van der Waals surface area (Å²) in [6.45, 7) is 0.0886. The molecule has 0 atom stereocenters. The van der Waals surface area contributed by atoms with Crippen molar-refractivity contribution in [2.45, 2.75) is 6.54 Å². The summed E-state index contributed by atoms with van der Waals surface area (Å²) in [7, 11) is 0. The van der Waals surface area contributed by atoms with Gasteiger partial charge in [0.15, 0.2) is 5.65 Å². The molecule has 2 heterocycles. The van der Waals surface area contributed by atoms with E-state index in [0.29, 0.717) is 26.9 Å². The number of carboxylic acid groups (broad SMARTS) is 1. The molecule has 0 bridgehead atoms. The predicted octanol–water partition coefficient (Wildman–Crippen LogP) is 2.44. The molecular weight excluding hydrogens is 341 g/mol. The fourth-order valence-electron chi connectivity index (χ4n) is 2.30. The summed E-state index contributed by atoms with van der Waals surface area (Å²) in [5.41, 5.74) is 13.4. The maximum absolute atomic E-state index is 11.3. The van der Waals surface area contributed by atoms with Gasteiger partial charge in [-0.05, 0) is 18.2 Å². The Morgan fingerprint density at radius 3 is 2.70 bits per heavy atom. The minimum absolute atomic E-state index is 0.0633. The number of hydrogen-bond donors (Lipinski definition) is 3. The summed E-state index contributed by atoms with van der Waals surface area (Å²) < 4.78 is 1.25. The van der Waals surface area contributed by atoms with Crippen LogP contribution in [0.4, 0.5) is 5.82 Å². The highest BCUT2D eigenvalue weighted by atomic mass is 35.5. The summed E-state index contributed by atoms with van der Waals surface area (Å²) in [6.07, 6.45) is 1.19. The highest BCUT2D eigenvalue weighted by Gasteiger charge is 2.21. The van der Waals surface area contributed by atoms with Gasteiger partial charge in [0.2, 0.25) is 0 Å². The number of nitrogens with zero attached hydrogens (tertiary/aromatic N) is 3. The third-order valence-electron chi connectivity index (χ3n) is 3.41. The van der Waals surface area contributed by atoms with E-state index in [1.807, 2.05) is 0 Å². The zero-order valence-corrected chi connectivity index (χ0v) is 13.1. The van der Waals surface area contributed by atoms with Gasteiger partial charge in [0.25, 0.3) is 0 Å². The standard InChI is InChI=1S/C14H11Cl2N5O2/c15-6-1-2-7(10(16)3-6)11-8(4-17)12(18)21-13(20-11)9(5-19-21)14(22)23/h1-3,5H,4,17-18H2,(H,22,23). The molecule has 0 aliphatic heterocycles. The van der Waals surface area contributed by atoms with Crippen LogP contribution in [0.25, 0.3) is 16.9 Å². The average molecular weight is 352 g/mol. The molecule has 9 heteroatoms. The van der Waals surface area contributed by atoms with Crippen LogP contribution in [0, 0.1) is 0 Å². The summed E-state index contributed by atoms with van der Waals surface area (Å²) >= 11 is 12.1. The second kappa shape index (κ2) is 5.69. The maximum atomic E-state index is 11.3. The summed E-state index contributed by atoms with van der Waals surface area (Å²) in [5, 5.41) is 14.0. The largest absolute Gasteiger partial charge is 0.477 e. The Balaban J connectivity index is 2.39. The topological polar surface area (TPSA) is 120 Å². The smallest absolute Gasteiger partial charge is 0.341 e. The number of nitrogens with two attached hydrogens (primary N) is 2. The zero-order valence-electron chi connectivity index (χ0n) is 11.6. The van der Waals surface area contributed by atoms with Crippen molar-refractivity contribution in [3.63, 3.8) is 0 Å². The monoisotopic (exact) mass is 351 g/mol. The van der Waals surface area contributed by atoms with Crippen molar-refractivity contribution < 1.29 is 9.90 Å². The molecule has 23 heavy (non-hydrogen) atoms. The molecule has 0 spiro atoms. The molecule has 0 saturated heterocycles. The van der Waals surface area contributed by atoms with E-state index in [1.165, 1.54) is 10.7 Å². The van der Waals surface area contributed by atoms with Crippen LogP contribution in [-0.2, 0) is 6.54 Å². The lowest BCUT2D eigenvalue weighted by atomic mass is 10.1. The number of carbonyl (C=O) groups is 1. The average Bonchev–Trinajstić information content (AvgIpc) is 2.91. The Kier molecular flexibility index (Phi) is 3.85. The number of aromatic carboxylic acids is 1. The quantitative estimate of drug-likeness (QED) is 0.666. The molecule has 0 aliphatic rings. The molecule has 3 rings (SSSR count). The van der Waals surface area contributed by atoms with Crippen molar-refractivity contribution in [1.82, 2.24) is 14.6 Å². The van der Waals surface area contributed by atoms with Crippen LogP contribution in [0.3, 0.4) is 0 Å². The third-order valence-corrected chi connectivity index (χ3v) is 3.95. The number of nitrogen functional groups attached to an aromatic ring is 1. The lowest BCUT2D eigenvalue weighted by Crippen LogP contribution is -2.12. The Morgan fingerprint density at radius 2 is 2.09 bits per heavy atom. The van der Waals surface area contributed by atoms with Gasteiger partial charge in [-0.1, -0.05) is 23.2 Å². The number of halogens is 2. The molecule has 0 aliphatic carbocycles. The van der Waals surface area contributed by atoms with Crippen molar-refractivity contribution in [2.75, 3.05) is 5.73 Å². The van der Waals surface area contributed by atoms with Gasteiger partial charge in [0.05, 0.1) is 16.9 Å². The van der Waals surface area contributed by atoms with Gasteiger partial charge in [-0.15, -0.1) is 0 Å². The number of rotatable bonds is 3. The van der Waals surface area contributed by atoms with Crippen LogP contribution in [0.15, 0.2) is 24.4 Å².